The van der Waals surface area contributed by atoms with Crippen LogP contribution in [0.25, 0.3) is 0 Å². The van der Waals surface area contributed by atoms with Crippen LogP contribution in [0.2, 0.25) is 0 Å². The Morgan fingerprint density at radius 3 is 2.29 bits per heavy atom. The summed E-state index contributed by atoms with van der Waals surface area (Å²) in [4.78, 5) is 14.3. The van der Waals surface area contributed by atoms with Crippen molar-refractivity contribution in [2.45, 2.75) is 63.5 Å². The summed E-state index contributed by atoms with van der Waals surface area (Å²) in [6, 6.07) is 14.7. The first-order valence-corrected chi connectivity index (χ1v) is 14.2. The molecule has 1 N–H and O–H groups in total. The molecule has 184 valence electrons. The monoisotopic (exact) mass is 482 g/mol. The second-order valence-corrected chi connectivity index (χ2v) is 12.4. The van der Waals surface area contributed by atoms with Crippen molar-refractivity contribution >= 4 is 17.3 Å². The molecule has 2 bridgehead atoms. The molecule has 0 amide bonds. The molecule has 1 aromatic carbocycles. The van der Waals surface area contributed by atoms with Crippen LogP contribution in [-0.2, 0) is 21.7 Å². The summed E-state index contributed by atoms with van der Waals surface area (Å²) >= 11 is 1.48. The first-order valence-electron chi connectivity index (χ1n) is 13.3. The van der Waals surface area contributed by atoms with Crippen molar-refractivity contribution in [1.82, 2.24) is 0 Å². The van der Waals surface area contributed by atoms with Crippen molar-refractivity contribution in [3.8, 4) is 0 Å². The van der Waals surface area contributed by atoms with Crippen LogP contribution in [0.4, 0.5) is 0 Å². The number of carbonyl (C=O) groups is 1. The summed E-state index contributed by atoms with van der Waals surface area (Å²) in [5.74, 6) is 1.15. The highest BCUT2D eigenvalue weighted by Crippen LogP contribution is 2.46. The molecule has 1 saturated heterocycles. The Labute approximate surface area is 208 Å². The number of thiophene rings is 1. The lowest BCUT2D eigenvalue weighted by Gasteiger charge is -2.45. The number of esters is 1. The number of fused-ring (bicyclic) bond motifs is 2. The molecule has 34 heavy (non-hydrogen) atoms. The number of ether oxygens (including phenoxy) is 1. The second kappa shape index (κ2) is 10.1. The number of hydrogen-bond donors (Lipinski definition) is 1. The fourth-order valence-corrected chi connectivity index (χ4v) is 8.16. The average molecular weight is 483 g/mol. The van der Waals surface area contributed by atoms with E-state index < -0.39 is 11.6 Å². The summed E-state index contributed by atoms with van der Waals surface area (Å²) in [7, 11) is 2.39. The van der Waals surface area contributed by atoms with Gasteiger partial charge in [-0.15, -0.1) is 11.3 Å². The minimum atomic E-state index is -1.50. The molecular formula is C29H40NO3S+. The number of piperidine rings is 1. The Morgan fingerprint density at radius 1 is 1.00 bits per heavy atom. The van der Waals surface area contributed by atoms with E-state index in [-0.39, 0.29) is 5.92 Å². The first kappa shape index (κ1) is 24.0. The van der Waals surface area contributed by atoms with E-state index >= 15 is 0 Å². The topological polar surface area (TPSA) is 46.5 Å². The lowest BCUT2D eigenvalue weighted by atomic mass is 9.80. The lowest BCUT2D eigenvalue weighted by Crippen LogP contribution is -2.55. The fourth-order valence-electron chi connectivity index (χ4n) is 7.27. The molecule has 2 saturated carbocycles. The van der Waals surface area contributed by atoms with Gasteiger partial charge in [0.05, 0.1) is 26.7 Å². The second-order valence-electron chi connectivity index (χ2n) is 11.4. The first-order chi connectivity index (χ1) is 16.5. The van der Waals surface area contributed by atoms with Crippen LogP contribution in [0.5, 0.6) is 0 Å². The maximum atomic E-state index is 13.6. The fraction of sp³-hybridized carbons (Fsp3) is 0.621. The molecule has 1 aliphatic heterocycles. The number of hydrogen-bond acceptors (Lipinski definition) is 4. The Kier molecular flexibility index (Phi) is 7.15. The molecular weight excluding hydrogens is 442 g/mol. The van der Waals surface area contributed by atoms with Gasteiger partial charge in [-0.3, -0.25) is 0 Å². The van der Waals surface area contributed by atoms with Gasteiger partial charge in [0.2, 0.25) is 0 Å². The number of likely N-dealkylation sites (tertiary alicyclic amines) is 1. The molecule has 1 aromatic heterocycles. The van der Waals surface area contributed by atoms with Gasteiger partial charge in [-0.25, -0.2) is 4.79 Å². The normalized spacial score (nSPS) is 31.5. The van der Waals surface area contributed by atoms with E-state index in [2.05, 4.69) is 37.4 Å². The highest BCUT2D eigenvalue weighted by Gasteiger charge is 2.51. The summed E-state index contributed by atoms with van der Waals surface area (Å²) in [6.07, 6.45) is 8.79. The number of benzene rings is 1. The Balaban J connectivity index is 1.26. The molecule has 2 heterocycles. The zero-order chi connectivity index (χ0) is 23.6. The molecule has 5 rings (SSSR count). The van der Waals surface area contributed by atoms with Gasteiger partial charge in [0.15, 0.2) is 5.60 Å². The van der Waals surface area contributed by atoms with Gasteiger partial charge in [0, 0.05) is 34.1 Å². The van der Waals surface area contributed by atoms with Crippen molar-refractivity contribution in [2.24, 2.45) is 23.7 Å². The van der Waals surface area contributed by atoms with E-state index in [0.717, 1.165) is 54.7 Å². The Hall–Kier alpha value is -1.69. The van der Waals surface area contributed by atoms with E-state index in [1.165, 1.54) is 42.6 Å². The molecule has 5 heteroatoms. The zero-order valence-electron chi connectivity index (χ0n) is 20.5. The molecule has 0 radical (unpaired) electrons. The minimum absolute atomic E-state index is 0.0462. The van der Waals surface area contributed by atoms with Crippen LogP contribution in [0.15, 0.2) is 47.8 Å². The van der Waals surface area contributed by atoms with Crippen molar-refractivity contribution in [2.75, 3.05) is 26.7 Å². The number of nitrogens with zero attached hydrogens (tertiary/aromatic N) is 1. The van der Waals surface area contributed by atoms with Crippen molar-refractivity contribution < 1.29 is 19.1 Å². The molecule has 2 aliphatic carbocycles. The van der Waals surface area contributed by atoms with Gasteiger partial charge in [0.1, 0.15) is 6.54 Å². The standard InChI is InChI=1S/C29H40NO3S/c1-30(18-22-10-5-4-6-11-22)19-23-15-16-24(20-30)26(23)21-33-28(31)29(32,27-14-9-17-34-27)25-12-7-2-3-8-13-25/h4-6,9-11,14,17,23-26,32H,2-3,7-8,12-13,15-16,18-21H2,1H3/q+1. The van der Waals surface area contributed by atoms with E-state index in [4.69, 9.17) is 4.74 Å². The van der Waals surface area contributed by atoms with E-state index in [0.29, 0.717) is 24.4 Å². The van der Waals surface area contributed by atoms with Crippen LogP contribution in [0, 0.1) is 23.7 Å². The maximum Gasteiger partial charge on any atom is 0.344 e. The number of aliphatic hydroxyl groups is 1. The van der Waals surface area contributed by atoms with Gasteiger partial charge < -0.3 is 14.3 Å². The SMILES string of the molecule is C[N+]1(Cc2ccccc2)CC2CCC(C1)C2COC(=O)C(O)(c1cccs1)C1CCCCCC1. The van der Waals surface area contributed by atoms with Crippen LogP contribution in [0.3, 0.4) is 0 Å². The third-order valence-electron chi connectivity index (χ3n) is 8.94. The predicted molar refractivity (Wildman–Crippen MR) is 136 cm³/mol. The van der Waals surface area contributed by atoms with Crippen LogP contribution >= 0.6 is 11.3 Å². The molecule has 0 spiro atoms. The number of carbonyl (C=O) groups excluding carboxylic acids is 1. The quantitative estimate of drug-likeness (QED) is 0.310. The van der Waals surface area contributed by atoms with Gasteiger partial charge in [-0.2, -0.15) is 0 Å². The average Bonchev–Trinajstić information content (AvgIpc) is 3.35. The largest absolute Gasteiger partial charge is 0.463 e. The minimum Gasteiger partial charge on any atom is -0.463 e. The van der Waals surface area contributed by atoms with Crippen molar-refractivity contribution in [1.29, 1.82) is 0 Å². The Bertz CT molecular complexity index is 924. The smallest absolute Gasteiger partial charge is 0.344 e. The number of rotatable bonds is 7. The molecule has 2 aromatic rings. The van der Waals surface area contributed by atoms with E-state index in [1.54, 1.807) is 0 Å². The van der Waals surface area contributed by atoms with Gasteiger partial charge >= 0.3 is 5.97 Å². The third kappa shape index (κ3) is 4.84. The molecule has 3 fully saturated rings. The van der Waals surface area contributed by atoms with E-state index in [1.807, 2.05) is 17.5 Å². The van der Waals surface area contributed by atoms with Gasteiger partial charge in [-0.1, -0.05) is 62.1 Å². The summed E-state index contributed by atoms with van der Waals surface area (Å²) in [5, 5.41) is 13.8. The lowest BCUT2D eigenvalue weighted by molar-refractivity contribution is -0.933. The summed E-state index contributed by atoms with van der Waals surface area (Å²) < 4.78 is 7.12. The third-order valence-corrected chi connectivity index (χ3v) is 9.93. The summed E-state index contributed by atoms with van der Waals surface area (Å²) in [6.45, 7) is 3.82. The number of quaternary nitrogens is 1. The van der Waals surface area contributed by atoms with Crippen molar-refractivity contribution in [3.63, 3.8) is 0 Å². The highest BCUT2D eigenvalue weighted by atomic mass is 32.1. The van der Waals surface area contributed by atoms with Crippen LogP contribution < -0.4 is 0 Å². The molecule has 4 nitrogen and oxygen atoms in total. The van der Waals surface area contributed by atoms with Gasteiger partial charge in [0.25, 0.3) is 0 Å². The Morgan fingerprint density at radius 2 is 1.68 bits per heavy atom. The summed E-state index contributed by atoms with van der Waals surface area (Å²) in [5.41, 5.74) is -0.0944. The molecule has 3 atom stereocenters. The van der Waals surface area contributed by atoms with Crippen LogP contribution in [0.1, 0.15) is 61.8 Å². The molecule has 3 aliphatic rings. The predicted octanol–water partition coefficient (Wildman–Crippen LogP) is 5.75. The van der Waals surface area contributed by atoms with E-state index in [9.17, 15) is 9.90 Å². The highest BCUT2D eigenvalue weighted by molar-refractivity contribution is 7.10. The maximum absolute atomic E-state index is 13.6. The van der Waals surface area contributed by atoms with Crippen LogP contribution in [-0.4, -0.2) is 42.3 Å². The van der Waals surface area contributed by atoms with Gasteiger partial charge in [-0.05, 0) is 37.1 Å². The van der Waals surface area contributed by atoms with Crippen molar-refractivity contribution in [3.05, 3.63) is 58.3 Å². The molecule has 3 unspecified atom stereocenters. The zero-order valence-corrected chi connectivity index (χ0v) is 21.3.